The molecule has 12 heavy (non-hydrogen) atoms. The molecule has 0 saturated heterocycles. The van der Waals surface area contributed by atoms with E-state index in [1.54, 1.807) is 0 Å². The first-order valence-electron chi connectivity index (χ1n) is 4.49. The van der Waals surface area contributed by atoms with Gasteiger partial charge in [0.15, 0.2) is 0 Å². The van der Waals surface area contributed by atoms with Crippen molar-refractivity contribution >= 4 is 11.8 Å². The molecule has 0 N–H and O–H groups in total. The van der Waals surface area contributed by atoms with E-state index < -0.39 is 0 Å². The zero-order valence-corrected chi connectivity index (χ0v) is 8.97. The van der Waals surface area contributed by atoms with Crippen LogP contribution in [0.15, 0.2) is 12.4 Å². The second-order valence-electron chi connectivity index (χ2n) is 3.03. The molecule has 2 nitrogen and oxygen atoms in total. The predicted octanol–water partition coefficient (Wildman–Crippen LogP) is 1.80. The monoisotopic (exact) mass is 186 g/mol. The molecular formula is C9H18N2S. The van der Waals surface area contributed by atoms with E-state index in [0.717, 1.165) is 0 Å². The van der Waals surface area contributed by atoms with Crippen LogP contribution in [0, 0.1) is 0 Å². The molecule has 0 aromatic heterocycles. The first kappa shape index (κ1) is 9.78. The van der Waals surface area contributed by atoms with Crippen molar-refractivity contribution in [3.05, 3.63) is 12.4 Å². The normalized spacial score (nSPS) is 22.4. The smallest absolute Gasteiger partial charge is 0.0975 e. The van der Waals surface area contributed by atoms with E-state index in [4.69, 9.17) is 0 Å². The number of nitrogens with zero attached hydrogens (tertiary/aromatic N) is 2. The van der Waals surface area contributed by atoms with Crippen molar-refractivity contribution in [2.75, 3.05) is 25.1 Å². The van der Waals surface area contributed by atoms with Crippen LogP contribution >= 0.6 is 11.8 Å². The zero-order chi connectivity index (χ0) is 8.97. The molecule has 0 bridgehead atoms. The van der Waals surface area contributed by atoms with Gasteiger partial charge in [0.05, 0.1) is 6.17 Å². The Hall–Kier alpha value is -0.310. The van der Waals surface area contributed by atoms with E-state index in [1.807, 2.05) is 11.8 Å². The highest BCUT2D eigenvalue weighted by Gasteiger charge is 2.17. The van der Waals surface area contributed by atoms with Crippen molar-refractivity contribution < 1.29 is 0 Å². The molecule has 1 aliphatic rings. The van der Waals surface area contributed by atoms with Gasteiger partial charge in [-0.2, -0.15) is 11.8 Å². The van der Waals surface area contributed by atoms with E-state index >= 15 is 0 Å². The number of thioether (sulfide) groups is 1. The second kappa shape index (κ2) is 4.65. The van der Waals surface area contributed by atoms with Gasteiger partial charge in [0, 0.05) is 31.7 Å². The highest BCUT2D eigenvalue weighted by molar-refractivity contribution is 7.99. The first-order chi connectivity index (χ1) is 5.75. The standard InChI is InChI=1S/C9H18N2S/c1-4-12-8-7-11-6-5-10(3)9(11)2/h5-6,9H,4,7-8H2,1-3H3. The van der Waals surface area contributed by atoms with E-state index in [2.05, 4.69) is 43.1 Å². The lowest BCUT2D eigenvalue weighted by molar-refractivity contribution is 0.204. The van der Waals surface area contributed by atoms with Gasteiger partial charge in [0.1, 0.15) is 0 Å². The van der Waals surface area contributed by atoms with Crippen molar-refractivity contribution in [3.8, 4) is 0 Å². The molecule has 70 valence electrons. The summed E-state index contributed by atoms with van der Waals surface area (Å²) in [5, 5.41) is 0. The lowest BCUT2D eigenvalue weighted by atomic mass is 10.5. The van der Waals surface area contributed by atoms with Gasteiger partial charge in [-0.15, -0.1) is 0 Å². The highest BCUT2D eigenvalue weighted by atomic mass is 32.2. The Labute approximate surface area is 79.6 Å². The maximum atomic E-state index is 2.38. The SMILES string of the molecule is CCSCCN1C=CN(C)C1C. The molecule has 1 aliphatic heterocycles. The van der Waals surface area contributed by atoms with Crippen LogP contribution in [0.3, 0.4) is 0 Å². The fourth-order valence-corrected chi connectivity index (χ4v) is 1.88. The van der Waals surface area contributed by atoms with E-state index in [1.165, 1.54) is 18.1 Å². The van der Waals surface area contributed by atoms with Crippen LogP contribution in [0.2, 0.25) is 0 Å². The van der Waals surface area contributed by atoms with Crippen LogP contribution in [0.1, 0.15) is 13.8 Å². The largest absolute Gasteiger partial charge is 0.359 e. The quantitative estimate of drug-likeness (QED) is 0.618. The van der Waals surface area contributed by atoms with Gasteiger partial charge in [-0.25, -0.2) is 0 Å². The molecule has 0 aromatic rings. The predicted molar refractivity (Wildman–Crippen MR) is 56.1 cm³/mol. The summed E-state index contributed by atoms with van der Waals surface area (Å²) in [6.45, 7) is 5.61. The topological polar surface area (TPSA) is 6.48 Å². The summed E-state index contributed by atoms with van der Waals surface area (Å²) in [7, 11) is 2.12. The van der Waals surface area contributed by atoms with Gasteiger partial charge >= 0.3 is 0 Å². The van der Waals surface area contributed by atoms with Crippen molar-refractivity contribution in [1.82, 2.24) is 9.80 Å². The van der Waals surface area contributed by atoms with Gasteiger partial charge in [-0.3, -0.25) is 0 Å². The van der Waals surface area contributed by atoms with Gasteiger partial charge in [0.25, 0.3) is 0 Å². The van der Waals surface area contributed by atoms with E-state index in [9.17, 15) is 0 Å². The van der Waals surface area contributed by atoms with Crippen LogP contribution in [0.25, 0.3) is 0 Å². The summed E-state index contributed by atoms with van der Waals surface area (Å²) < 4.78 is 0. The summed E-state index contributed by atoms with van der Waals surface area (Å²) >= 11 is 2.00. The molecule has 0 radical (unpaired) electrons. The Kier molecular flexibility index (Phi) is 3.79. The molecule has 0 saturated carbocycles. The minimum absolute atomic E-state index is 0.544. The first-order valence-corrected chi connectivity index (χ1v) is 5.65. The Balaban J connectivity index is 2.21. The molecule has 1 heterocycles. The molecule has 0 aromatic carbocycles. The third-order valence-corrected chi connectivity index (χ3v) is 3.14. The third-order valence-electron chi connectivity index (χ3n) is 2.26. The average molecular weight is 186 g/mol. The summed E-state index contributed by atoms with van der Waals surface area (Å²) in [5.41, 5.74) is 0. The van der Waals surface area contributed by atoms with Gasteiger partial charge in [-0.1, -0.05) is 6.92 Å². The minimum Gasteiger partial charge on any atom is -0.359 e. The number of rotatable bonds is 4. The Bertz CT molecular complexity index is 159. The van der Waals surface area contributed by atoms with Crippen LogP contribution in [0.5, 0.6) is 0 Å². The maximum absolute atomic E-state index is 2.38. The maximum Gasteiger partial charge on any atom is 0.0975 e. The third kappa shape index (κ3) is 2.34. The van der Waals surface area contributed by atoms with Crippen molar-refractivity contribution in [1.29, 1.82) is 0 Å². The van der Waals surface area contributed by atoms with E-state index in [0.29, 0.717) is 6.17 Å². The molecule has 3 heteroatoms. The highest BCUT2D eigenvalue weighted by Crippen LogP contribution is 2.13. The number of hydrogen-bond acceptors (Lipinski definition) is 3. The molecule has 0 fully saturated rings. The van der Waals surface area contributed by atoms with Crippen LogP contribution < -0.4 is 0 Å². The lowest BCUT2D eigenvalue weighted by Gasteiger charge is -2.26. The summed E-state index contributed by atoms with van der Waals surface area (Å²) in [5.74, 6) is 2.46. The van der Waals surface area contributed by atoms with Crippen LogP contribution in [-0.2, 0) is 0 Å². The van der Waals surface area contributed by atoms with Crippen molar-refractivity contribution in [2.45, 2.75) is 20.0 Å². The average Bonchev–Trinajstić information content (AvgIpc) is 2.36. The molecule has 1 rings (SSSR count). The van der Waals surface area contributed by atoms with Crippen molar-refractivity contribution in [2.24, 2.45) is 0 Å². The minimum atomic E-state index is 0.544. The van der Waals surface area contributed by atoms with Gasteiger partial charge < -0.3 is 9.80 Å². The molecule has 0 aliphatic carbocycles. The Morgan fingerprint density at radius 3 is 2.67 bits per heavy atom. The van der Waals surface area contributed by atoms with Crippen LogP contribution in [-0.4, -0.2) is 41.1 Å². The zero-order valence-electron chi connectivity index (χ0n) is 8.16. The molecular weight excluding hydrogens is 168 g/mol. The summed E-state index contributed by atoms with van der Waals surface area (Å²) in [6.07, 6.45) is 4.87. The fraction of sp³-hybridized carbons (Fsp3) is 0.778. The van der Waals surface area contributed by atoms with Crippen molar-refractivity contribution in [3.63, 3.8) is 0 Å². The van der Waals surface area contributed by atoms with Crippen LogP contribution in [0.4, 0.5) is 0 Å². The second-order valence-corrected chi connectivity index (χ2v) is 4.42. The molecule has 0 amide bonds. The lowest BCUT2D eigenvalue weighted by Crippen LogP contribution is -2.34. The fourth-order valence-electron chi connectivity index (χ4n) is 1.25. The number of hydrogen-bond donors (Lipinski definition) is 0. The van der Waals surface area contributed by atoms with Gasteiger partial charge in [-0.05, 0) is 12.7 Å². The molecule has 1 unspecified atom stereocenters. The summed E-state index contributed by atoms with van der Waals surface area (Å²) in [6, 6.07) is 0. The summed E-state index contributed by atoms with van der Waals surface area (Å²) in [4.78, 5) is 4.61. The van der Waals surface area contributed by atoms with Gasteiger partial charge in [0.2, 0.25) is 0 Å². The van der Waals surface area contributed by atoms with E-state index in [-0.39, 0.29) is 0 Å². The molecule has 0 spiro atoms. The molecule has 1 atom stereocenters. The Morgan fingerprint density at radius 1 is 1.42 bits per heavy atom. The Morgan fingerprint density at radius 2 is 2.17 bits per heavy atom.